The number of carboxylic acids is 1. The molecule has 0 bridgehead atoms. The molecule has 1 aliphatic heterocycles. The fourth-order valence-electron chi connectivity index (χ4n) is 2.73. The third-order valence-electron chi connectivity index (χ3n) is 4.11. The second-order valence-electron chi connectivity index (χ2n) is 6.11. The summed E-state index contributed by atoms with van der Waals surface area (Å²) in [7, 11) is 0. The number of pyridine rings is 1. The average Bonchev–Trinajstić information content (AvgIpc) is 3.21. The fraction of sp³-hybridized carbons (Fsp3) is 0.263. The number of benzene rings is 1. The SMILES string of the molecule is O=C(O)c1ccnc(C(=O)NCc2cccc(NC(=O)C3CCCO3)c2)c1. The van der Waals surface area contributed by atoms with E-state index >= 15 is 0 Å². The maximum Gasteiger partial charge on any atom is 0.335 e. The van der Waals surface area contributed by atoms with Crippen LogP contribution in [0.2, 0.25) is 0 Å². The van der Waals surface area contributed by atoms with Gasteiger partial charge in [0.25, 0.3) is 11.8 Å². The molecule has 2 aromatic rings. The van der Waals surface area contributed by atoms with E-state index in [1.165, 1.54) is 18.3 Å². The van der Waals surface area contributed by atoms with Crippen molar-refractivity contribution in [3.63, 3.8) is 0 Å². The lowest BCUT2D eigenvalue weighted by atomic mass is 10.1. The first-order valence-electron chi connectivity index (χ1n) is 8.52. The molecule has 3 N–H and O–H groups in total. The Bertz CT molecular complexity index is 862. The van der Waals surface area contributed by atoms with Gasteiger partial charge in [0.2, 0.25) is 0 Å². The minimum absolute atomic E-state index is 0.00556. The van der Waals surface area contributed by atoms with Gasteiger partial charge in [0.1, 0.15) is 11.8 Å². The number of carboxylic acid groups (broad SMARTS) is 1. The monoisotopic (exact) mass is 369 g/mol. The first kappa shape index (κ1) is 18.5. The van der Waals surface area contributed by atoms with Crippen LogP contribution in [0.1, 0.15) is 39.3 Å². The van der Waals surface area contributed by atoms with E-state index < -0.39 is 18.0 Å². The summed E-state index contributed by atoms with van der Waals surface area (Å²) in [5.41, 5.74) is 1.42. The molecule has 1 aromatic carbocycles. The van der Waals surface area contributed by atoms with Crippen LogP contribution in [-0.2, 0) is 16.1 Å². The first-order valence-corrected chi connectivity index (χ1v) is 8.52. The van der Waals surface area contributed by atoms with E-state index in [2.05, 4.69) is 15.6 Å². The van der Waals surface area contributed by atoms with Crippen LogP contribution in [0.15, 0.2) is 42.6 Å². The molecule has 140 valence electrons. The van der Waals surface area contributed by atoms with Crippen molar-refractivity contribution in [2.75, 3.05) is 11.9 Å². The van der Waals surface area contributed by atoms with Crippen molar-refractivity contribution < 1.29 is 24.2 Å². The van der Waals surface area contributed by atoms with Crippen LogP contribution in [0.5, 0.6) is 0 Å². The number of ether oxygens (including phenoxy) is 1. The number of carbonyl (C=O) groups is 3. The van der Waals surface area contributed by atoms with Crippen LogP contribution in [0.3, 0.4) is 0 Å². The molecular formula is C19H19N3O5. The van der Waals surface area contributed by atoms with E-state index in [9.17, 15) is 14.4 Å². The molecule has 27 heavy (non-hydrogen) atoms. The van der Waals surface area contributed by atoms with Crippen LogP contribution in [0.25, 0.3) is 0 Å². The highest BCUT2D eigenvalue weighted by atomic mass is 16.5. The lowest BCUT2D eigenvalue weighted by Crippen LogP contribution is -2.27. The summed E-state index contributed by atoms with van der Waals surface area (Å²) < 4.78 is 5.35. The Morgan fingerprint density at radius 3 is 2.81 bits per heavy atom. The molecule has 1 atom stereocenters. The first-order chi connectivity index (χ1) is 13.0. The molecule has 1 aliphatic rings. The maximum absolute atomic E-state index is 12.2. The molecule has 2 amide bonds. The molecular weight excluding hydrogens is 350 g/mol. The molecule has 1 unspecified atom stereocenters. The van der Waals surface area contributed by atoms with Gasteiger partial charge >= 0.3 is 5.97 Å². The van der Waals surface area contributed by atoms with Gasteiger partial charge in [0, 0.05) is 25.0 Å². The Morgan fingerprint density at radius 2 is 2.07 bits per heavy atom. The molecule has 8 heteroatoms. The van der Waals surface area contributed by atoms with Crippen molar-refractivity contribution in [3.05, 3.63) is 59.4 Å². The number of rotatable bonds is 6. The predicted molar refractivity (Wildman–Crippen MR) is 96.4 cm³/mol. The topological polar surface area (TPSA) is 118 Å². The largest absolute Gasteiger partial charge is 0.478 e. The number of carbonyl (C=O) groups excluding carboxylic acids is 2. The molecule has 1 aromatic heterocycles. The van der Waals surface area contributed by atoms with E-state index in [0.29, 0.717) is 18.7 Å². The number of aromatic carboxylic acids is 1. The van der Waals surface area contributed by atoms with Crippen molar-refractivity contribution >= 4 is 23.5 Å². The Morgan fingerprint density at radius 1 is 1.22 bits per heavy atom. The Balaban J connectivity index is 1.59. The normalized spacial score (nSPS) is 15.9. The zero-order chi connectivity index (χ0) is 19.2. The van der Waals surface area contributed by atoms with E-state index in [0.717, 1.165) is 12.0 Å². The highest BCUT2D eigenvalue weighted by Crippen LogP contribution is 2.16. The number of hydrogen-bond acceptors (Lipinski definition) is 5. The maximum atomic E-state index is 12.2. The molecule has 0 spiro atoms. The highest BCUT2D eigenvalue weighted by Gasteiger charge is 2.23. The van der Waals surface area contributed by atoms with Crippen molar-refractivity contribution in [1.29, 1.82) is 0 Å². The zero-order valence-corrected chi connectivity index (χ0v) is 14.5. The van der Waals surface area contributed by atoms with E-state index in [1.807, 2.05) is 6.07 Å². The van der Waals surface area contributed by atoms with Crippen molar-refractivity contribution in [1.82, 2.24) is 10.3 Å². The number of nitrogens with zero attached hydrogens (tertiary/aromatic N) is 1. The molecule has 2 heterocycles. The minimum Gasteiger partial charge on any atom is -0.478 e. The number of aromatic nitrogens is 1. The van der Waals surface area contributed by atoms with Gasteiger partial charge in [-0.3, -0.25) is 14.6 Å². The van der Waals surface area contributed by atoms with Gasteiger partial charge in [-0.05, 0) is 42.7 Å². The van der Waals surface area contributed by atoms with Crippen molar-refractivity contribution in [2.24, 2.45) is 0 Å². The van der Waals surface area contributed by atoms with Gasteiger partial charge < -0.3 is 20.5 Å². The average molecular weight is 369 g/mol. The zero-order valence-electron chi connectivity index (χ0n) is 14.5. The number of amides is 2. The minimum atomic E-state index is -1.12. The number of nitrogens with one attached hydrogen (secondary N) is 2. The van der Waals surface area contributed by atoms with Crippen LogP contribution in [0, 0.1) is 0 Å². The summed E-state index contributed by atoms with van der Waals surface area (Å²) >= 11 is 0. The molecule has 0 aliphatic carbocycles. The summed E-state index contributed by atoms with van der Waals surface area (Å²) in [6, 6.07) is 9.64. The van der Waals surface area contributed by atoms with Crippen molar-refractivity contribution in [3.8, 4) is 0 Å². The molecule has 8 nitrogen and oxygen atoms in total. The summed E-state index contributed by atoms with van der Waals surface area (Å²) in [6.07, 6.45) is 2.45. The highest BCUT2D eigenvalue weighted by molar-refractivity contribution is 5.96. The Hall–Kier alpha value is -3.26. The third-order valence-corrected chi connectivity index (χ3v) is 4.11. The van der Waals surface area contributed by atoms with Crippen LogP contribution >= 0.6 is 0 Å². The summed E-state index contributed by atoms with van der Waals surface area (Å²) in [4.78, 5) is 39.1. The lowest BCUT2D eigenvalue weighted by Gasteiger charge is -2.12. The smallest absolute Gasteiger partial charge is 0.335 e. The van der Waals surface area contributed by atoms with Crippen molar-refractivity contribution in [2.45, 2.75) is 25.5 Å². The second-order valence-corrected chi connectivity index (χ2v) is 6.11. The van der Waals surface area contributed by atoms with Gasteiger partial charge in [-0.25, -0.2) is 4.79 Å². The molecule has 3 rings (SSSR count). The second kappa shape index (κ2) is 8.41. The van der Waals surface area contributed by atoms with Crippen LogP contribution in [-0.4, -0.2) is 40.6 Å². The summed E-state index contributed by atoms with van der Waals surface area (Å²) in [5.74, 6) is -1.78. The standard InChI is InChI=1S/C19H19N3O5/c23-17(15-10-13(19(25)26)6-7-20-15)21-11-12-3-1-4-14(9-12)22-18(24)16-5-2-8-27-16/h1,3-4,6-7,9-10,16H,2,5,8,11H2,(H,21,23)(H,22,24)(H,25,26). The number of anilines is 1. The quantitative estimate of drug-likeness (QED) is 0.715. The fourth-order valence-corrected chi connectivity index (χ4v) is 2.73. The van der Waals surface area contributed by atoms with Gasteiger partial charge in [0.05, 0.1) is 5.56 Å². The van der Waals surface area contributed by atoms with Gasteiger partial charge in [0.15, 0.2) is 0 Å². The lowest BCUT2D eigenvalue weighted by molar-refractivity contribution is -0.124. The molecule has 1 fully saturated rings. The number of hydrogen-bond donors (Lipinski definition) is 3. The molecule has 0 radical (unpaired) electrons. The van der Waals surface area contributed by atoms with E-state index in [4.69, 9.17) is 9.84 Å². The van der Waals surface area contributed by atoms with Gasteiger partial charge in [-0.2, -0.15) is 0 Å². The summed E-state index contributed by atoms with van der Waals surface area (Å²) in [5, 5.41) is 14.5. The predicted octanol–water partition coefficient (Wildman–Crippen LogP) is 1.83. The van der Waals surface area contributed by atoms with E-state index in [-0.39, 0.29) is 23.7 Å². The Labute approximate surface area is 155 Å². The Kier molecular flexibility index (Phi) is 5.77. The van der Waals surface area contributed by atoms with Gasteiger partial charge in [-0.1, -0.05) is 12.1 Å². The van der Waals surface area contributed by atoms with Gasteiger partial charge in [-0.15, -0.1) is 0 Å². The van der Waals surface area contributed by atoms with Crippen LogP contribution in [0.4, 0.5) is 5.69 Å². The molecule has 1 saturated heterocycles. The molecule has 0 saturated carbocycles. The van der Waals surface area contributed by atoms with Crippen LogP contribution < -0.4 is 10.6 Å². The third kappa shape index (κ3) is 4.89. The van der Waals surface area contributed by atoms with E-state index in [1.54, 1.807) is 18.2 Å². The summed E-state index contributed by atoms with van der Waals surface area (Å²) in [6.45, 7) is 0.808.